The lowest BCUT2D eigenvalue weighted by Crippen LogP contribution is -2.39. The van der Waals surface area contributed by atoms with E-state index in [1.165, 1.54) is 73.9 Å². The van der Waals surface area contributed by atoms with E-state index in [-0.39, 0.29) is 0 Å². The van der Waals surface area contributed by atoms with Crippen molar-refractivity contribution >= 4 is 19.6 Å². The van der Waals surface area contributed by atoms with E-state index in [1.807, 2.05) is 0 Å². The lowest BCUT2D eigenvalue weighted by atomic mass is 9.95. The van der Waals surface area contributed by atoms with Gasteiger partial charge in [-0.05, 0) is 62.2 Å². The van der Waals surface area contributed by atoms with Gasteiger partial charge in [-0.1, -0.05) is 51.4 Å². The average molecular weight is 381 g/mol. The smallest absolute Gasteiger partial charge is 0.396 e. The van der Waals surface area contributed by atoms with E-state index in [1.54, 1.807) is 0 Å². The molecule has 5 heteroatoms. The maximum Gasteiger partial charge on any atom is 0.396 e. The van der Waals surface area contributed by atoms with Crippen LogP contribution in [0.5, 0.6) is 0 Å². The molecule has 0 bridgehead atoms. The topological polar surface area (TPSA) is 45.5 Å². The minimum absolute atomic E-state index is 0.325. The summed E-state index contributed by atoms with van der Waals surface area (Å²) in [6.07, 6.45) is 16.8. The molecular weight excluding hydrogens is 347 g/mol. The zero-order valence-electron chi connectivity index (χ0n) is 17.5. The molecule has 1 unspecified atom stereocenters. The van der Waals surface area contributed by atoms with Crippen LogP contribution in [0.3, 0.4) is 0 Å². The molecule has 151 valence electrons. The van der Waals surface area contributed by atoms with E-state index >= 15 is 0 Å². The third-order valence-corrected chi connectivity index (χ3v) is 6.30. The Bertz CT molecular complexity index is 735. The number of hydrogen-bond acceptors (Lipinski definition) is 2. The summed E-state index contributed by atoms with van der Waals surface area (Å²) in [5.41, 5.74) is 5.60. The fourth-order valence-corrected chi connectivity index (χ4v) is 4.46. The molecule has 0 amide bonds. The van der Waals surface area contributed by atoms with Gasteiger partial charge in [-0.3, -0.25) is 4.79 Å². The molecule has 3 rings (SSSR count). The Morgan fingerprint density at radius 2 is 1.68 bits per heavy atom. The molecule has 0 saturated carbocycles. The lowest BCUT2D eigenvalue weighted by molar-refractivity contribution is -0.137. The molecular formula is C23H34BN2O2. The van der Waals surface area contributed by atoms with Crippen molar-refractivity contribution in [3.8, 4) is 0 Å². The van der Waals surface area contributed by atoms with Gasteiger partial charge in [0.2, 0.25) is 0 Å². The van der Waals surface area contributed by atoms with Crippen LogP contribution >= 0.6 is 0 Å². The Hall–Kier alpha value is -1.91. The van der Waals surface area contributed by atoms with Crippen molar-refractivity contribution in [1.82, 2.24) is 9.29 Å². The highest BCUT2D eigenvalue weighted by atomic mass is 16.4. The molecule has 0 aliphatic carbocycles. The molecule has 1 radical (unpaired) electrons. The largest absolute Gasteiger partial charge is 0.481 e. The molecule has 3 heterocycles. The van der Waals surface area contributed by atoms with Crippen LogP contribution in [0.2, 0.25) is 0 Å². The Balaban J connectivity index is 1.31. The highest BCUT2D eigenvalue weighted by Gasteiger charge is 2.34. The Morgan fingerprint density at radius 3 is 2.36 bits per heavy atom. The molecule has 0 spiro atoms. The van der Waals surface area contributed by atoms with Crippen molar-refractivity contribution in [3.63, 3.8) is 0 Å². The molecule has 2 aliphatic rings. The normalized spacial score (nSPS) is 18.0. The number of fused-ring (bicyclic) bond motifs is 2. The number of allylic oxidation sites excluding steroid dienone is 1. The maximum absolute atomic E-state index is 10.5. The third-order valence-electron chi connectivity index (χ3n) is 6.30. The molecule has 2 aliphatic heterocycles. The van der Waals surface area contributed by atoms with Crippen molar-refractivity contribution in [2.75, 3.05) is 0 Å². The summed E-state index contributed by atoms with van der Waals surface area (Å²) in [6.45, 7) is 4.56. The van der Waals surface area contributed by atoms with Crippen molar-refractivity contribution in [2.45, 2.75) is 90.5 Å². The second-order valence-corrected chi connectivity index (χ2v) is 8.33. The van der Waals surface area contributed by atoms with Crippen molar-refractivity contribution < 1.29 is 9.90 Å². The predicted octanol–water partition coefficient (Wildman–Crippen LogP) is 5.62. The van der Waals surface area contributed by atoms with Gasteiger partial charge in [-0.25, -0.2) is 0 Å². The number of rotatable bonds is 12. The highest BCUT2D eigenvalue weighted by molar-refractivity contribution is 6.33. The van der Waals surface area contributed by atoms with Gasteiger partial charge in [0.1, 0.15) is 0 Å². The quantitative estimate of drug-likeness (QED) is 0.377. The summed E-state index contributed by atoms with van der Waals surface area (Å²) in [6, 6.07) is 4.79. The van der Waals surface area contributed by atoms with E-state index in [9.17, 15) is 4.79 Å². The SMILES string of the molecule is CC1=C(C)C(CCCCCCCCCCCC(=O)O)N2[B]n3cccc3C=C12. The molecule has 4 nitrogen and oxygen atoms in total. The third kappa shape index (κ3) is 5.12. The van der Waals surface area contributed by atoms with Crippen LogP contribution in [0, 0.1) is 0 Å². The van der Waals surface area contributed by atoms with Gasteiger partial charge in [0.05, 0.1) is 0 Å². The average Bonchev–Trinajstić information content (AvgIpc) is 3.22. The van der Waals surface area contributed by atoms with Crippen LogP contribution in [-0.4, -0.2) is 34.0 Å². The first-order valence-electron chi connectivity index (χ1n) is 11.0. The second-order valence-electron chi connectivity index (χ2n) is 8.33. The monoisotopic (exact) mass is 381 g/mol. The minimum Gasteiger partial charge on any atom is -0.481 e. The first-order valence-corrected chi connectivity index (χ1v) is 11.0. The zero-order chi connectivity index (χ0) is 19.9. The van der Waals surface area contributed by atoms with Crippen molar-refractivity contribution in [1.29, 1.82) is 0 Å². The van der Waals surface area contributed by atoms with Gasteiger partial charge in [0.15, 0.2) is 0 Å². The number of unbranched alkanes of at least 4 members (excludes halogenated alkanes) is 8. The Kier molecular flexibility index (Phi) is 7.46. The minimum atomic E-state index is -0.666. The Labute approximate surface area is 170 Å². The summed E-state index contributed by atoms with van der Waals surface area (Å²) >= 11 is 0. The first kappa shape index (κ1) is 20.8. The predicted molar refractivity (Wildman–Crippen MR) is 116 cm³/mol. The van der Waals surface area contributed by atoms with E-state index < -0.39 is 5.97 Å². The number of aliphatic carboxylic acids is 1. The number of carbonyl (C=O) groups is 1. The summed E-state index contributed by atoms with van der Waals surface area (Å²) < 4.78 is 2.22. The summed E-state index contributed by atoms with van der Waals surface area (Å²) in [5, 5.41) is 8.63. The summed E-state index contributed by atoms with van der Waals surface area (Å²) in [7, 11) is 2.26. The van der Waals surface area contributed by atoms with Crippen LogP contribution in [0.4, 0.5) is 0 Å². The Morgan fingerprint density at radius 1 is 1.04 bits per heavy atom. The molecule has 1 aromatic rings. The van der Waals surface area contributed by atoms with E-state index in [2.05, 4.69) is 55.1 Å². The van der Waals surface area contributed by atoms with Crippen molar-refractivity contribution in [3.05, 3.63) is 40.9 Å². The molecule has 28 heavy (non-hydrogen) atoms. The first-order chi connectivity index (χ1) is 13.6. The van der Waals surface area contributed by atoms with Crippen LogP contribution < -0.4 is 0 Å². The maximum atomic E-state index is 10.5. The summed E-state index contributed by atoms with van der Waals surface area (Å²) in [4.78, 5) is 12.9. The molecule has 1 atom stereocenters. The van der Waals surface area contributed by atoms with Gasteiger partial charge < -0.3 is 14.4 Å². The zero-order valence-corrected chi connectivity index (χ0v) is 17.5. The lowest BCUT2D eigenvalue weighted by Gasteiger charge is -2.32. The van der Waals surface area contributed by atoms with Crippen LogP contribution in [-0.2, 0) is 4.79 Å². The molecule has 0 aromatic carbocycles. The van der Waals surface area contributed by atoms with E-state index in [4.69, 9.17) is 5.11 Å². The van der Waals surface area contributed by atoms with Crippen LogP contribution in [0.25, 0.3) is 6.08 Å². The molecule has 0 saturated heterocycles. The summed E-state index contributed by atoms with van der Waals surface area (Å²) in [5.74, 6) is -0.666. The van der Waals surface area contributed by atoms with E-state index in [0.29, 0.717) is 12.5 Å². The molecule has 1 aromatic heterocycles. The number of nitrogens with zero attached hydrogens (tertiary/aromatic N) is 2. The number of hydrogen-bond donors (Lipinski definition) is 1. The van der Waals surface area contributed by atoms with E-state index in [0.717, 1.165) is 12.8 Å². The van der Waals surface area contributed by atoms with Crippen LogP contribution in [0.15, 0.2) is 35.2 Å². The van der Waals surface area contributed by atoms with Gasteiger partial charge >= 0.3 is 13.5 Å². The van der Waals surface area contributed by atoms with Gasteiger partial charge in [-0.2, -0.15) is 0 Å². The van der Waals surface area contributed by atoms with Crippen molar-refractivity contribution in [2.24, 2.45) is 0 Å². The fraction of sp³-hybridized carbons (Fsp3) is 0.609. The van der Waals surface area contributed by atoms with Crippen LogP contribution in [0.1, 0.15) is 90.2 Å². The number of aromatic nitrogens is 1. The number of carboxylic acid groups (broad SMARTS) is 1. The second kappa shape index (κ2) is 10.0. The fourth-order valence-electron chi connectivity index (χ4n) is 4.46. The van der Waals surface area contributed by atoms with Gasteiger partial charge in [-0.15, -0.1) is 0 Å². The number of carboxylic acids is 1. The van der Waals surface area contributed by atoms with Gasteiger partial charge in [0, 0.05) is 23.9 Å². The standard InChI is InChI=1S/C23H34BN2O2/c1-18-19(2)22-17-20-13-12-16-25(20)24-26(22)21(18)14-10-8-6-4-3-5-7-9-11-15-23(27)28/h12-13,16-17,21H,3-11,14-15H2,1-2H3,(H,27,28). The van der Waals surface area contributed by atoms with Gasteiger partial charge in [0.25, 0.3) is 0 Å². The molecule has 0 fully saturated rings. The highest BCUT2D eigenvalue weighted by Crippen LogP contribution is 2.38. The molecule has 1 N–H and O–H groups in total.